The van der Waals surface area contributed by atoms with Crippen LogP contribution < -0.4 is 5.32 Å². The van der Waals surface area contributed by atoms with Gasteiger partial charge < -0.3 is 10.4 Å². The first-order valence-corrected chi connectivity index (χ1v) is 7.04. The Balaban J connectivity index is 1.91. The van der Waals surface area contributed by atoms with Crippen molar-refractivity contribution in [2.45, 2.75) is 45.6 Å². The summed E-state index contributed by atoms with van der Waals surface area (Å²) in [6.45, 7) is 3.68. The molecule has 0 radical (unpaired) electrons. The Kier molecular flexibility index (Phi) is 2.96. The van der Waals surface area contributed by atoms with E-state index in [0.29, 0.717) is 17.3 Å². The van der Waals surface area contributed by atoms with Gasteiger partial charge in [0.2, 0.25) is 0 Å². The van der Waals surface area contributed by atoms with Crippen LogP contribution in [0.5, 0.6) is 0 Å². The molecule has 0 unspecified atom stereocenters. The number of hydrogen-bond donors (Lipinski definition) is 2. The zero-order valence-corrected chi connectivity index (χ0v) is 11.4. The van der Waals surface area contributed by atoms with Crippen LogP contribution in [0.3, 0.4) is 0 Å². The van der Waals surface area contributed by atoms with E-state index in [0.717, 1.165) is 23.2 Å². The SMILES string of the molecule is Cc1cc(NC(C2CC2)C2CC2)c(C(=O)O)c(C)n1. The van der Waals surface area contributed by atoms with Crippen LogP contribution in [0.2, 0.25) is 0 Å². The van der Waals surface area contributed by atoms with Gasteiger partial charge in [-0.15, -0.1) is 0 Å². The normalized spacial score (nSPS) is 18.7. The van der Waals surface area contributed by atoms with Gasteiger partial charge in [0.05, 0.1) is 11.4 Å². The van der Waals surface area contributed by atoms with E-state index in [2.05, 4.69) is 10.3 Å². The fourth-order valence-corrected chi connectivity index (χ4v) is 2.92. The average Bonchev–Trinajstić information content (AvgIpc) is 3.17. The molecule has 0 aliphatic heterocycles. The Morgan fingerprint density at radius 3 is 2.37 bits per heavy atom. The lowest BCUT2D eigenvalue weighted by Gasteiger charge is -2.21. The number of rotatable bonds is 5. The smallest absolute Gasteiger partial charge is 0.339 e. The number of hydrogen-bond acceptors (Lipinski definition) is 3. The van der Waals surface area contributed by atoms with Gasteiger partial charge in [-0.1, -0.05) is 0 Å². The van der Waals surface area contributed by atoms with Crippen LogP contribution in [0.15, 0.2) is 6.07 Å². The summed E-state index contributed by atoms with van der Waals surface area (Å²) in [4.78, 5) is 15.7. The number of pyridine rings is 1. The Morgan fingerprint density at radius 1 is 1.32 bits per heavy atom. The van der Waals surface area contributed by atoms with Gasteiger partial charge in [-0.05, 0) is 57.4 Å². The molecule has 1 aromatic rings. The second-order valence-electron chi connectivity index (χ2n) is 5.92. The van der Waals surface area contributed by atoms with Crippen LogP contribution in [-0.4, -0.2) is 22.1 Å². The minimum Gasteiger partial charge on any atom is -0.478 e. The highest BCUT2D eigenvalue weighted by molar-refractivity contribution is 5.95. The van der Waals surface area contributed by atoms with Gasteiger partial charge in [0, 0.05) is 11.7 Å². The number of carboxylic acid groups (broad SMARTS) is 1. The molecule has 2 fully saturated rings. The number of carboxylic acids is 1. The molecule has 4 heteroatoms. The van der Waals surface area contributed by atoms with Gasteiger partial charge in [0.25, 0.3) is 0 Å². The molecule has 0 bridgehead atoms. The van der Waals surface area contributed by atoms with Crippen LogP contribution in [0, 0.1) is 25.7 Å². The van der Waals surface area contributed by atoms with E-state index in [1.807, 2.05) is 13.0 Å². The Labute approximate surface area is 113 Å². The summed E-state index contributed by atoms with van der Waals surface area (Å²) in [6.07, 6.45) is 5.11. The first kappa shape index (κ1) is 12.5. The first-order chi connectivity index (χ1) is 9.06. The van der Waals surface area contributed by atoms with E-state index in [1.165, 1.54) is 25.7 Å². The minimum absolute atomic E-state index is 0.330. The highest BCUT2D eigenvalue weighted by atomic mass is 16.4. The second-order valence-corrected chi connectivity index (χ2v) is 5.92. The average molecular weight is 260 g/mol. The van der Waals surface area contributed by atoms with E-state index < -0.39 is 5.97 Å². The summed E-state index contributed by atoms with van der Waals surface area (Å²) in [7, 11) is 0. The highest BCUT2D eigenvalue weighted by Gasteiger charge is 2.41. The topological polar surface area (TPSA) is 62.2 Å². The zero-order chi connectivity index (χ0) is 13.6. The second kappa shape index (κ2) is 4.51. The summed E-state index contributed by atoms with van der Waals surface area (Å²) < 4.78 is 0. The summed E-state index contributed by atoms with van der Waals surface area (Å²) in [5, 5.41) is 12.9. The van der Waals surface area contributed by atoms with Crippen molar-refractivity contribution in [1.29, 1.82) is 0 Å². The monoisotopic (exact) mass is 260 g/mol. The van der Waals surface area contributed by atoms with E-state index >= 15 is 0 Å². The van der Waals surface area contributed by atoms with E-state index in [9.17, 15) is 9.90 Å². The summed E-state index contributed by atoms with van der Waals surface area (Å²) >= 11 is 0. The minimum atomic E-state index is -0.891. The first-order valence-electron chi connectivity index (χ1n) is 7.04. The van der Waals surface area contributed by atoms with Crippen molar-refractivity contribution in [3.8, 4) is 0 Å². The van der Waals surface area contributed by atoms with E-state index in [4.69, 9.17) is 0 Å². The maximum Gasteiger partial charge on any atom is 0.339 e. The number of nitrogens with zero attached hydrogens (tertiary/aromatic N) is 1. The quantitative estimate of drug-likeness (QED) is 0.854. The third-order valence-electron chi connectivity index (χ3n) is 4.12. The standard InChI is InChI=1S/C15H20N2O2/c1-8-7-12(13(15(18)19)9(2)16-8)17-14(10-3-4-10)11-5-6-11/h7,10-11,14H,3-6H2,1-2H3,(H,16,17)(H,18,19). The van der Waals surface area contributed by atoms with Gasteiger partial charge in [-0.3, -0.25) is 4.98 Å². The molecule has 2 N–H and O–H groups in total. The Hall–Kier alpha value is -1.58. The molecule has 1 aromatic heterocycles. The molecule has 2 saturated carbocycles. The molecule has 2 aliphatic carbocycles. The fraction of sp³-hybridized carbons (Fsp3) is 0.600. The number of nitrogens with one attached hydrogen (secondary N) is 1. The van der Waals surface area contributed by atoms with Gasteiger partial charge in [0.15, 0.2) is 0 Å². The summed E-state index contributed by atoms with van der Waals surface area (Å²) in [5.41, 5.74) is 2.55. The van der Waals surface area contributed by atoms with Crippen LogP contribution in [0.25, 0.3) is 0 Å². The molecule has 0 spiro atoms. The third kappa shape index (κ3) is 2.57. The molecule has 0 atom stereocenters. The highest BCUT2D eigenvalue weighted by Crippen LogP contribution is 2.46. The van der Waals surface area contributed by atoms with E-state index in [-0.39, 0.29) is 0 Å². The van der Waals surface area contributed by atoms with Crippen LogP contribution in [-0.2, 0) is 0 Å². The zero-order valence-electron chi connectivity index (χ0n) is 11.4. The van der Waals surface area contributed by atoms with Gasteiger partial charge in [-0.25, -0.2) is 4.79 Å². The lowest BCUT2D eigenvalue weighted by molar-refractivity contribution is 0.0696. The Bertz CT molecular complexity index is 507. The summed E-state index contributed by atoms with van der Waals surface area (Å²) in [6, 6.07) is 2.33. The van der Waals surface area contributed by atoms with Crippen LogP contribution in [0.1, 0.15) is 47.4 Å². The molecular weight excluding hydrogens is 240 g/mol. The van der Waals surface area contributed by atoms with Crippen molar-refractivity contribution in [2.24, 2.45) is 11.8 Å². The number of carbonyl (C=O) groups is 1. The van der Waals surface area contributed by atoms with Crippen molar-refractivity contribution < 1.29 is 9.90 Å². The predicted molar refractivity (Wildman–Crippen MR) is 73.5 cm³/mol. The maximum atomic E-state index is 11.4. The molecule has 0 amide bonds. The molecule has 102 valence electrons. The molecule has 3 rings (SSSR count). The fourth-order valence-electron chi connectivity index (χ4n) is 2.92. The molecular formula is C15H20N2O2. The lowest BCUT2D eigenvalue weighted by Crippen LogP contribution is -2.26. The van der Waals surface area contributed by atoms with Crippen molar-refractivity contribution in [2.75, 3.05) is 5.32 Å². The van der Waals surface area contributed by atoms with Crippen molar-refractivity contribution in [3.63, 3.8) is 0 Å². The van der Waals surface area contributed by atoms with Crippen molar-refractivity contribution in [3.05, 3.63) is 23.0 Å². The number of aryl methyl sites for hydroxylation is 2. The van der Waals surface area contributed by atoms with Gasteiger partial charge in [0.1, 0.15) is 5.56 Å². The van der Waals surface area contributed by atoms with Gasteiger partial charge >= 0.3 is 5.97 Å². The molecule has 19 heavy (non-hydrogen) atoms. The van der Waals surface area contributed by atoms with Crippen molar-refractivity contribution in [1.82, 2.24) is 4.98 Å². The molecule has 0 saturated heterocycles. The third-order valence-corrected chi connectivity index (χ3v) is 4.12. The largest absolute Gasteiger partial charge is 0.478 e. The van der Waals surface area contributed by atoms with Crippen molar-refractivity contribution >= 4 is 11.7 Å². The molecule has 4 nitrogen and oxygen atoms in total. The number of aromatic nitrogens is 1. The molecule has 2 aliphatic rings. The van der Waals surface area contributed by atoms with E-state index in [1.54, 1.807) is 6.92 Å². The van der Waals surface area contributed by atoms with Crippen LogP contribution in [0.4, 0.5) is 5.69 Å². The predicted octanol–water partition coefficient (Wildman–Crippen LogP) is 3.00. The Morgan fingerprint density at radius 2 is 1.89 bits per heavy atom. The number of anilines is 1. The molecule has 1 heterocycles. The number of aromatic carboxylic acids is 1. The van der Waals surface area contributed by atoms with Gasteiger partial charge in [-0.2, -0.15) is 0 Å². The van der Waals surface area contributed by atoms with Crippen LogP contribution >= 0.6 is 0 Å². The maximum absolute atomic E-state index is 11.4. The molecule has 0 aromatic carbocycles. The lowest BCUT2D eigenvalue weighted by atomic mass is 10.0. The summed E-state index contributed by atoms with van der Waals surface area (Å²) in [5.74, 6) is 0.587.